The van der Waals surface area contributed by atoms with Crippen LogP contribution < -0.4 is 5.73 Å². The highest BCUT2D eigenvalue weighted by molar-refractivity contribution is 4.64. The van der Waals surface area contributed by atoms with E-state index in [2.05, 4.69) is 0 Å². The van der Waals surface area contributed by atoms with Gasteiger partial charge in [-0.3, -0.25) is 0 Å². The Labute approximate surface area is 69.1 Å². The normalized spacial score (nSPS) is 20.5. The summed E-state index contributed by atoms with van der Waals surface area (Å²) in [7, 11) is 0. The molecule has 0 heterocycles. The van der Waals surface area contributed by atoms with E-state index in [9.17, 15) is 0 Å². The fourth-order valence-electron chi connectivity index (χ4n) is 1.81. The maximum absolute atomic E-state index is 5.22. The van der Waals surface area contributed by atoms with E-state index in [0.29, 0.717) is 6.73 Å². The molecular formula is C9H19NO. The fourth-order valence-corrected chi connectivity index (χ4v) is 1.81. The van der Waals surface area contributed by atoms with Crippen molar-refractivity contribution >= 4 is 0 Å². The Balaban J connectivity index is 1.96. The van der Waals surface area contributed by atoms with E-state index in [1.165, 1.54) is 38.5 Å². The number of hydrogen-bond donors (Lipinski definition) is 1. The van der Waals surface area contributed by atoms with Gasteiger partial charge >= 0.3 is 0 Å². The molecule has 0 saturated heterocycles. The largest absolute Gasteiger partial charge is 0.367 e. The summed E-state index contributed by atoms with van der Waals surface area (Å²) in [5.41, 5.74) is 5.22. The van der Waals surface area contributed by atoms with E-state index in [0.717, 1.165) is 12.5 Å². The van der Waals surface area contributed by atoms with E-state index in [-0.39, 0.29) is 0 Å². The molecule has 0 aromatic carbocycles. The van der Waals surface area contributed by atoms with Crippen LogP contribution in [-0.2, 0) is 4.74 Å². The Hall–Kier alpha value is -0.0800. The molecule has 11 heavy (non-hydrogen) atoms. The minimum absolute atomic E-state index is 0.382. The maximum Gasteiger partial charge on any atom is 0.0940 e. The molecule has 0 atom stereocenters. The molecule has 0 unspecified atom stereocenters. The predicted molar refractivity (Wildman–Crippen MR) is 46.2 cm³/mol. The minimum atomic E-state index is 0.382. The topological polar surface area (TPSA) is 35.2 Å². The van der Waals surface area contributed by atoms with Crippen molar-refractivity contribution in [2.45, 2.75) is 38.5 Å². The lowest BCUT2D eigenvalue weighted by molar-refractivity contribution is 0.119. The molecule has 0 bridgehead atoms. The summed E-state index contributed by atoms with van der Waals surface area (Å²) < 4.78 is 5.11. The van der Waals surface area contributed by atoms with Gasteiger partial charge in [0, 0.05) is 6.61 Å². The van der Waals surface area contributed by atoms with Gasteiger partial charge in [0.2, 0.25) is 0 Å². The second-order valence-electron chi connectivity index (χ2n) is 3.37. The highest BCUT2D eigenvalue weighted by atomic mass is 16.5. The van der Waals surface area contributed by atoms with Gasteiger partial charge in [0.15, 0.2) is 0 Å². The Bertz CT molecular complexity index is 89.6. The number of nitrogens with two attached hydrogens (primary N) is 1. The molecule has 2 N–H and O–H groups in total. The SMILES string of the molecule is NCOCCC1CCCCC1. The molecule has 0 aromatic heterocycles. The van der Waals surface area contributed by atoms with Crippen LogP contribution >= 0.6 is 0 Å². The summed E-state index contributed by atoms with van der Waals surface area (Å²) in [6.07, 6.45) is 8.33. The van der Waals surface area contributed by atoms with Gasteiger partial charge in [0.25, 0.3) is 0 Å². The van der Waals surface area contributed by atoms with Crippen molar-refractivity contribution in [1.82, 2.24) is 0 Å². The predicted octanol–water partition coefficient (Wildman–Crippen LogP) is 1.89. The first kappa shape index (κ1) is 9.01. The van der Waals surface area contributed by atoms with E-state index < -0.39 is 0 Å². The average molecular weight is 157 g/mol. The molecule has 2 nitrogen and oxygen atoms in total. The molecular weight excluding hydrogens is 138 g/mol. The van der Waals surface area contributed by atoms with Crippen LogP contribution in [0.3, 0.4) is 0 Å². The second-order valence-corrected chi connectivity index (χ2v) is 3.37. The molecule has 1 aliphatic rings. The fraction of sp³-hybridized carbons (Fsp3) is 1.00. The molecule has 1 aliphatic carbocycles. The summed E-state index contributed by atoms with van der Waals surface area (Å²) in [5, 5.41) is 0. The summed E-state index contributed by atoms with van der Waals surface area (Å²) in [4.78, 5) is 0. The standard InChI is InChI=1S/C9H19NO/c10-8-11-7-6-9-4-2-1-3-5-9/h9H,1-8,10H2. The van der Waals surface area contributed by atoms with Gasteiger partial charge in [-0.2, -0.15) is 0 Å². The van der Waals surface area contributed by atoms with Crippen LogP contribution in [0.15, 0.2) is 0 Å². The molecule has 0 aromatic rings. The molecule has 1 fully saturated rings. The van der Waals surface area contributed by atoms with Crippen molar-refractivity contribution in [3.05, 3.63) is 0 Å². The molecule has 0 spiro atoms. The number of rotatable bonds is 4. The highest BCUT2D eigenvalue weighted by Crippen LogP contribution is 2.25. The lowest BCUT2D eigenvalue weighted by Crippen LogP contribution is -2.12. The maximum atomic E-state index is 5.22. The van der Waals surface area contributed by atoms with Crippen LogP contribution in [0.5, 0.6) is 0 Å². The number of ether oxygens (including phenoxy) is 1. The first-order valence-electron chi connectivity index (χ1n) is 4.71. The van der Waals surface area contributed by atoms with Crippen LogP contribution in [0.1, 0.15) is 38.5 Å². The van der Waals surface area contributed by atoms with Gasteiger partial charge < -0.3 is 10.5 Å². The average Bonchev–Trinajstić information content (AvgIpc) is 2.07. The zero-order valence-electron chi connectivity index (χ0n) is 7.22. The molecule has 2 heteroatoms. The van der Waals surface area contributed by atoms with Gasteiger partial charge in [-0.25, -0.2) is 0 Å². The molecule has 0 radical (unpaired) electrons. The van der Waals surface area contributed by atoms with Gasteiger partial charge in [-0.1, -0.05) is 32.1 Å². The third-order valence-electron chi connectivity index (χ3n) is 2.51. The van der Waals surface area contributed by atoms with Gasteiger partial charge in [0.1, 0.15) is 0 Å². The van der Waals surface area contributed by atoms with Crippen LogP contribution in [0, 0.1) is 5.92 Å². The van der Waals surface area contributed by atoms with Crippen LogP contribution in [0.2, 0.25) is 0 Å². The summed E-state index contributed by atoms with van der Waals surface area (Å²) in [6, 6.07) is 0. The van der Waals surface area contributed by atoms with Crippen molar-refractivity contribution in [2.75, 3.05) is 13.3 Å². The van der Waals surface area contributed by atoms with E-state index in [1.807, 2.05) is 0 Å². The summed E-state index contributed by atoms with van der Waals surface area (Å²) >= 11 is 0. The zero-order chi connectivity index (χ0) is 7.94. The Kier molecular flexibility index (Phi) is 4.55. The summed E-state index contributed by atoms with van der Waals surface area (Å²) in [6.45, 7) is 1.24. The van der Waals surface area contributed by atoms with Gasteiger partial charge in [-0.15, -0.1) is 0 Å². The van der Waals surface area contributed by atoms with E-state index >= 15 is 0 Å². The Morgan fingerprint density at radius 1 is 1.18 bits per heavy atom. The molecule has 1 saturated carbocycles. The van der Waals surface area contributed by atoms with Crippen LogP contribution in [-0.4, -0.2) is 13.3 Å². The zero-order valence-corrected chi connectivity index (χ0v) is 7.22. The van der Waals surface area contributed by atoms with Crippen molar-refractivity contribution in [1.29, 1.82) is 0 Å². The highest BCUT2D eigenvalue weighted by Gasteiger charge is 2.12. The summed E-state index contributed by atoms with van der Waals surface area (Å²) in [5.74, 6) is 0.926. The molecule has 66 valence electrons. The first-order valence-corrected chi connectivity index (χ1v) is 4.71. The Morgan fingerprint density at radius 2 is 1.91 bits per heavy atom. The van der Waals surface area contributed by atoms with Crippen LogP contribution in [0.4, 0.5) is 0 Å². The molecule has 0 aliphatic heterocycles. The van der Waals surface area contributed by atoms with E-state index in [4.69, 9.17) is 10.5 Å². The smallest absolute Gasteiger partial charge is 0.0940 e. The molecule has 1 rings (SSSR count). The third-order valence-corrected chi connectivity index (χ3v) is 2.51. The first-order chi connectivity index (χ1) is 5.43. The third kappa shape index (κ3) is 3.73. The van der Waals surface area contributed by atoms with Crippen molar-refractivity contribution in [3.8, 4) is 0 Å². The lowest BCUT2D eigenvalue weighted by atomic mass is 9.87. The Morgan fingerprint density at radius 3 is 2.55 bits per heavy atom. The molecule has 0 amide bonds. The van der Waals surface area contributed by atoms with E-state index in [1.54, 1.807) is 0 Å². The van der Waals surface area contributed by atoms with Crippen molar-refractivity contribution in [3.63, 3.8) is 0 Å². The van der Waals surface area contributed by atoms with Crippen LogP contribution in [0.25, 0.3) is 0 Å². The lowest BCUT2D eigenvalue weighted by Gasteiger charge is -2.20. The number of hydrogen-bond acceptors (Lipinski definition) is 2. The minimum Gasteiger partial charge on any atom is -0.367 e. The van der Waals surface area contributed by atoms with Crippen molar-refractivity contribution in [2.24, 2.45) is 11.7 Å². The second kappa shape index (κ2) is 5.56. The van der Waals surface area contributed by atoms with Gasteiger partial charge in [0.05, 0.1) is 6.73 Å². The van der Waals surface area contributed by atoms with Gasteiger partial charge in [-0.05, 0) is 12.3 Å². The monoisotopic (exact) mass is 157 g/mol. The quantitative estimate of drug-likeness (QED) is 0.499. The van der Waals surface area contributed by atoms with Crippen molar-refractivity contribution < 1.29 is 4.74 Å².